The van der Waals surface area contributed by atoms with E-state index < -0.39 is 5.82 Å². The van der Waals surface area contributed by atoms with Gasteiger partial charge < -0.3 is 9.64 Å². The second-order valence-corrected chi connectivity index (χ2v) is 6.13. The lowest BCUT2D eigenvalue weighted by atomic mass is 10.0. The van der Waals surface area contributed by atoms with E-state index in [0.29, 0.717) is 25.4 Å². The fourth-order valence-electron chi connectivity index (χ4n) is 2.94. The third-order valence-electron chi connectivity index (χ3n) is 4.41. The lowest BCUT2D eigenvalue weighted by Gasteiger charge is -2.39. The van der Waals surface area contributed by atoms with Gasteiger partial charge in [-0.1, -0.05) is 18.2 Å². The van der Waals surface area contributed by atoms with Crippen LogP contribution in [0.3, 0.4) is 0 Å². The lowest BCUT2D eigenvalue weighted by molar-refractivity contribution is -0.136. The summed E-state index contributed by atoms with van der Waals surface area (Å²) in [5.74, 6) is -0.499. The van der Waals surface area contributed by atoms with E-state index in [2.05, 4.69) is 4.90 Å². The number of nitrogens with zero attached hydrogens (tertiary/aromatic N) is 2. The maximum atomic E-state index is 13.1. The molecule has 1 saturated heterocycles. The number of hydrogen-bond acceptors (Lipinski definition) is 3. The summed E-state index contributed by atoms with van der Waals surface area (Å²) in [4.78, 5) is 16.3. The van der Waals surface area contributed by atoms with E-state index in [1.807, 2.05) is 7.05 Å². The SMILES string of the molecule is CN1CCN(C(=O)COc2cccc(F)c2)CC1c1ccc(F)cc1. The largest absolute Gasteiger partial charge is 0.484 e. The first-order chi connectivity index (χ1) is 12.0. The number of benzene rings is 2. The quantitative estimate of drug-likeness (QED) is 0.853. The number of hydrogen-bond donors (Lipinski definition) is 0. The Hall–Kier alpha value is -2.47. The second-order valence-electron chi connectivity index (χ2n) is 6.13. The highest BCUT2D eigenvalue weighted by Gasteiger charge is 2.28. The van der Waals surface area contributed by atoms with Gasteiger partial charge in [-0.05, 0) is 36.9 Å². The Bertz CT molecular complexity index is 736. The molecule has 1 aliphatic heterocycles. The van der Waals surface area contributed by atoms with Crippen LogP contribution in [0.5, 0.6) is 5.75 Å². The summed E-state index contributed by atoms with van der Waals surface area (Å²) in [6.45, 7) is 1.68. The second kappa shape index (κ2) is 7.61. The molecule has 4 nitrogen and oxygen atoms in total. The Labute approximate surface area is 145 Å². The number of likely N-dealkylation sites (N-methyl/N-ethyl adjacent to an activating group) is 1. The molecule has 0 radical (unpaired) electrons. The van der Waals surface area contributed by atoms with Crippen molar-refractivity contribution in [1.82, 2.24) is 9.80 Å². The normalized spacial score (nSPS) is 18.2. The summed E-state index contributed by atoms with van der Waals surface area (Å²) in [6.07, 6.45) is 0. The highest BCUT2D eigenvalue weighted by molar-refractivity contribution is 5.78. The molecule has 1 aliphatic rings. The predicted molar refractivity (Wildman–Crippen MR) is 90.2 cm³/mol. The third-order valence-corrected chi connectivity index (χ3v) is 4.41. The van der Waals surface area contributed by atoms with E-state index >= 15 is 0 Å². The summed E-state index contributed by atoms with van der Waals surface area (Å²) in [5.41, 5.74) is 0.965. The van der Waals surface area contributed by atoms with Gasteiger partial charge in [-0.15, -0.1) is 0 Å². The molecular formula is C19H20F2N2O2. The fourth-order valence-corrected chi connectivity index (χ4v) is 2.94. The maximum Gasteiger partial charge on any atom is 0.260 e. The number of rotatable bonds is 4. The molecule has 1 fully saturated rings. The molecule has 1 atom stereocenters. The van der Waals surface area contributed by atoms with E-state index in [1.54, 1.807) is 23.1 Å². The zero-order valence-corrected chi connectivity index (χ0v) is 14.0. The minimum atomic E-state index is -0.402. The van der Waals surface area contributed by atoms with Crippen LogP contribution >= 0.6 is 0 Å². The van der Waals surface area contributed by atoms with Gasteiger partial charge in [0, 0.05) is 25.7 Å². The van der Waals surface area contributed by atoms with Crippen molar-refractivity contribution in [3.05, 3.63) is 65.7 Å². The molecule has 132 valence electrons. The molecule has 0 N–H and O–H groups in total. The Morgan fingerprint density at radius 2 is 1.88 bits per heavy atom. The van der Waals surface area contributed by atoms with Gasteiger partial charge in [-0.2, -0.15) is 0 Å². The standard InChI is InChI=1S/C19H20F2N2O2/c1-22-9-10-23(12-18(22)14-5-7-15(20)8-6-14)19(24)13-25-17-4-2-3-16(21)11-17/h2-8,11,18H,9-10,12-13H2,1H3. The van der Waals surface area contributed by atoms with Gasteiger partial charge in [-0.25, -0.2) is 8.78 Å². The zero-order chi connectivity index (χ0) is 17.8. The molecule has 1 amide bonds. The molecule has 0 spiro atoms. The van der Waals surface area contributed by atoms with Crippen molar-refractivity contribution in [2.24, 2.45) is 0 Å². The molecule has 3 rings (SSSR count). The Kier molecular flexibility index (Phi) is 5.28. The van der Waals surface area contributed by atoms with Crippen molar-refractivity contribution in [3.8, 4) is 5.75 Å². The van der Waals surface area contributed by atoms with Gasteiger partial charge in [0.1, 0.15) is 17.4 Å². The van der Waals surface area contributed by atoms with E-state index in [1.165, 1.54) is 30.3 Å². The first-order valence-electron chi connectivity index (χ1n) is 8.15. The van der Waals surface area contributed by atoms with Crippen molar-refractivity contribution in [2.45, 2.75) is 6.04 Å². The van der Waals surface area contributed by atoms with Gasteiger partial charge in [0.25, 0.3) is 5.91 Å². The third kappa shape index (κ3) is 4.33. The topological polar surface area (TPSA) is 32.8 Å². The minimum Gasteiger partial charge on any atom is -0.484 e. The predicted octanol–water partition coefficient (Wildman–Crippen LogP) is 2.86. The van der Waals surface area contributed by atoms with Crippen LogP contribution < -0.4 is 4.74 Å². The average molecular weight is 346 g/mol. The van der Waals surface area contributed by atoms with Crippen LogP contribution in [0.2, 0.25) is 0 Å². The molecule has 0 saturated carbocycles. The van der Waals surface area contributed by atoms with Crippen molar-refractivity contribution in [1.29, 1.82) is 0 Å². The van der Waals surface area contributed by atoms with E-state index in [-0.39, 0.29) is 24.4 Å². The minimum absolute atomic E-state index is 0.00692. The fraction of sp³-hybridized carbons (Fsp3) is 0.316. The van der Waals surface area contributed by atoms with Gasteiger partial charge in [0.2, 0.25) is 0 Å². The summed E-state index contributed by atoms with van der Waals surface area (Å²) in [7, 11) is 1.99. The molecule has 1 heterocycles. The first kappa shape index (κ1) is 17.4. The number of carbonyl (C=O) groups excluding carboxylic acids is 1. The van der Waals surface area contributed by atoms with Crippen LogP contribution in [-0.4, -0.2) is 49.0 Å². The van der Waals surface area contributed by atoms with Crippen LogP contribution in [-0.2, 0) is 4.79 Å². The van der Waals surface area contributed by atoms with E-state index in [4.69, 9.17) is 4.74 Å². The highest BCUT2D eigenvalue weighted by Crippen LogP contribution is 2.24. The van der Waals surface area contributed by atoms with Crippen LogP contribution in [0, 0.1) is 11.6 Å². The van der Waals surface area contributed by atoms with Gasteiger partial charge in [0.05, 0.1) is 6.04 Å². The number of ether oxygens (including phenoxy) is 1. The Morgan fingerprint density at radius 3 is 2.60 bits per heavy atom. The Morgan fingerprint density at radius 1 is 1.12 bits per heavy atom. The van der Waals surface area contributed by atoms with Crippen molar-refractivity contribution in [3.63, 3.8) is 0 Å². The first-order valence-corrected chi connectivity index (χ1v) is 8.15. The van der Waals surface area contributed by atoms with Gasteiger partial charge in [-0.3, -0.25) is 9.69 Å². The van der Waals surface area contributed by atoms with Crippen molar-refractivity contribution >= 4 is 5.91 Å². The molecule has 25 heavy (non-hydrogen) atoms. The van der Waals surface area contributed by atoms with Crippen LogP contribution in [0.15, 0.2) is 48.5 Å². The number of piperazine rings is 1. The summed E-state index contributed by atoms with van der Waals surface area (Å²) >= 11 is 0. The van der Waals surface area contributed by atoms with Gasteiger partial charge in [0.15, 0.2) is 6.61 Å². The Balaban J connectivity index is 1.62. The molecule has 0 bridgehead atoms. The van der Waals surface area contributed by atoms with Crippen LogP contribution in [0.1, 0.15) is 11.6 Å². The number of halogens is 2. The average Bonchev–Trinajstić information content (AvgIpc) is 2.61. The van der Waals surface area contributed by atoms with Crippen LogP contribution in [0.4, 0.5) is 8.78 Å². The summed E-state index contributed by atoms with van der Waals surface area (Å²) in [6, 6.07) is 12.1. The number of carbonyl (C=O) groups is 1. The van der Waals surface area contributed by atoms with E-state index in [0.717, 1.165) is 5.56 Å². The molecule has 6 heteroatoms. The van der Waals surface area contributed by atoms with Gasteiger partial charge >= 0.3 is 0 Å². The number of amides is 1. The zero-order valence-electron chi connectivity index (χ0n) is 14.0. The summed E-state index contributed by atoms with van der Waals surface area (Å²) < 4.78 is 31.7. The lowest BCUT2D eigenvalue weighted by Crippen LogP contribution is -2.50. The van der Waals surface area contributed by atoms with Crippen LogP contribution in [0.25, 0.3) is 0 Å². The monoisotopic (exact) mass is 346 g/mol. The smallest absolute Gasteiger partial charge is 0.260 e. The molecule has 2 aromatic carbocycles. The maximum absolute atomic E-state index is 13.1. The van der Waals surface area contributed by atoms with Crippen molar-refractivity contribution in [2.75, 3.05) is 33.3 Å². The molecule has 0 aliphatic carbocycles. The molecule has 0 aromatic heterocycles. The van der Waals surface area contributed by atoms with Crippen molar-refractivity contribution < 1.29 is 18.3 Å². The molecule has 2 aromatic rings. The summed E-state index contributed by atoms with van der Waals surface area (Å²) in [5, 5.41) is 0. The molecular weight excluding hydrogens is 326 g/mol. The van der Waals surface area contributed by atoms with E-state index in [9.17, 15) is 13.6 Å². The molecule has 1 unspecified atom stereocenters. The highest BCUT2D eigenvalue weighted by atomic mass is 19.1.